The first kappa shape index (κ1) is 9.31. The molecule has 1 saturated carbocycles. The van der Waals surface area contributed by atoms with Crippen molar-refractivity contribution in [2.75, 3.05) is 6.79 Å². The number of benzene rings is 1. The van der Waals surface area contributed by atoms with E-state index in [0.717, 1.165) is 29.7 Å². The van der Waals surface area contributed by atoms with Gasteiger partial charge in [-0.2, -0.15) is 0 Å². The molecule has 0 radical (unpaired) electrons. The van der Waals surface area contributed by atoms with Crippen LogP contribution in [0.1, 0.15) is 24.0 Å². The summed E-state index contributed by atoms with van der Waals surface area (Å²) in [5.74, 6) is 1.37. The van der Waals surface area contributed by atoms with Crippen LogP contribution in [0.2, 0.25) is 5.02 Å². The van der Waals surface area contributed by atoms with Crippen molar-refractivity contribution in [3.05, 3.63) is 22.2 Å². The summed E-state index contributed by atoms with van der Waals surface area (Å²) in [4.78, 5) is 0. The van der Waals surface area contributed by atoms with Crippen molar-refractivity contribution in [1.29, 1.82) is 0 Å². The highest BCUT2D eigenvalue weighted by molar-refractivity contribution is 6.33. The molecule has 0 atom stereocenters. The molecule has 1 aromatic carbocycles. The van der Waals surface area contributed by atoms with E-state index in [2.05, 4.69) is 0 Å². The zero-order valence-electron chi connectivity index (χ0n) is 8.47. The molecule has 3 rings (SSSR count). The average molecular weight is 226 g/mol. The molecule has 1 aliphatic carbocycles. The van der Waals surface area contributed by atoms with Gasteiger partial charge in [0.2, 0.25) is 6.79 Å². The molecule has 2 N–H and O–H groups in total. The van der Waals surface area contributed by atoms with E-state index in [1.54, 1.807) is 0 Å². The number of ether oxygens (including phenoxy) is 2. The van der Waals surface area contributed by atoms with Crippen LogP contribution in [0.5, 0.6) is 11.5 Å². The molecule has 80 valence electrons. The largest absolute Gasteiger partial charge is 0.454 e. The number of hydrogen-bond donors (Lipinski definition) is 1. The molecule has 1 aromatic rings. The van der Waals surface area contributed by atoms with Gasteiger partial charge in [-0.1, -0.05) is 11.6 Å². The highest BCUT2D eigenvalue weighted by Crippen LogP contribution is 2.52. The topological polar surface area (TPSA) is 44.5 Å². The van der Waals surface area contributed by atoms with Crippen molar-refractivity contribution in [3.63, 3.8) is 0 Å². The number of rotatable bonds is 1. The number of nitrogens with two attached hydrogens (primary N) is 1. The Hall–Kier alpha value is -0.930. The van der Waals surface area contributed by atoms with E-state index in [1.807, 2.05) is 13.0 Å². The first-order chi connectivity index (χ1) is 7.12. The molecule has 1 fully saturated rings. The minimum atomic E-state index is -0.234. The number of halogens is 1. The second-order valence-corrected chi connectivity index (χ2v) is 4.65. The van der Waals surface area contributed by atoms with Gasteiger partial charge in [-0.05, 0) is 37.0 Å². The fourth-order valence-corrected chi connectivity index (χ4v) is 2.60. The van der Waals surface area contributed by atoms with Crippen molar-refractivity contribution in [2.45, 2.75) is 25.3 Å². The fraction of sp³-hybridized carbons (Fsp3) is 0.455. The van der Waals surface area contributed by atoms with Crippen molar-refractivity contribution < 1.29 is 9.47 Å². The molecular formula is C11H12ClNO2. The van der Waals surface area contributed by atoms with Gasteiger partial charge in [0, 0.05) is 5.54 Å². The Morgan fingerprint density at radius 1 is 1.40 bits per heavy atom. The summed E-state index contributed by atoms with van der Waals surface area (Å²) in [6.45, 7) is 2.26. The maximum atomic E-state index is 6.30. The summed E-state index contributed by atoms with van der Waals surface area (Å²) in [5.41, 5.74) is 8.06. The molecule has 1 heterocycles. The summed E-state index contributed by atoms with van der Waals surface area (Å²) in [6, 6.07) is 1.95. The van der Waals surface area contributed by atoms with Gasteiger partial charge in [0.15, 0.2) is 11.5 Å². The van der Waals surface area contributed by atoms with E-state index in [-0.39, 0.29) is 12.3 Å². The van der Waals surface area contributed by atoms with Crippen molar-refractivity contribution >= 4 is 11.6 Å². The van der Waals surface area contributed by atoms with Gasteiger partial charge in [-0.25, -0.2) is 0 Å². The van der Waals surface area contributed by atoms with Crippen LogP contribution in [-0.4, -0.2) is 6.79 Å². The Morgan fingerprint density at radius 2 is 2.13 bits per heavy atom. The molecule has 0 aromatic heterocycles. The molecule has 1 aliphatic heterocycles. The van der Waals surface area contributed by atoms with E-state index in [4.69, 9.17) is 26.8 Å². The molecule has 15 heavy (non-hydrogen) atoms. The van der Waals surface area contributed by atoms with Crippen molar-refractivity contribution in [3.8, 4) is 11.5 Å². The Bertz CT molecular complexity index is 441. The van der Waals surface area contributed by atoms with Gasteiger partial charge < -0.3 is 15.2 Å². The Labute approximate surface area is 93.1 Å². The smallest absolute Gasteiger partial charge is 0.231 e. The molecule has 0 unspecified atom stereocenters. The minimum Gasteiger partial charge on any atom is -0.454 e. The molecule has 0 amide bonds. The van der Waals surface area contributed by atoms with Gasteiger partial charge in [-0.15, -0.1) is 0 Å². The SMILES string of the molecule is Cc1cc2c(c(Cl)c1C1(N)CC1)OCO2. The zero-order chi connectivity index (χ0) is 10.6. The van der Waals surface area contributed by atoms with Crippen LogP contribution in [0.3, 0.4) is 0 Å². The third-order valence-electron chi connectivity index (χ3n) is 3.09. The Morgan fingerprint density at radius 3 is 2.80 bits per heavy atom. The van der Waals surface area contributed by atoms with Crippen molar-refractivity contribution in [1.82, 2.24) is 0 Å². The number of hydrogen-bond acceptors (Lipinski definition) is 3. The minimum absolute atomic E-state index is 0.234. The van der Waals surface area contributed by atoms with Crippen LogP contribution in [0.15, 0.2) is 6.07 Å². The van der Waals surface area contributed by atoms with Gasteiger partial charge >= 0.3 is 0 Å². The second kappa shape index (κ2) is 2.80. The molecular weight excluding hydrogens is 214 g/mol. The van der Waals surface area contributed by atoms with Gasteiger partial charge in [-0.3, -0.25) is 0 Å². The molecule has 2 aliphatic rings. The van der Waals surface area contributed by atoms with E-state index < -0.39 is 0 Å². The molecule has 0 saturated heterocycles. The third-order valence-corrected chi connectivity index (χ3v) is 3.45. The lowest BCUT2D eigenvalue weighted by Crippen LogP contribution is -2.20. The van der Waals surface area contributed by atoms with Gasteiger partial charge in [0.1, 0.15) is 0 Å². The molecule has 3 nitrogen and oxygen atoms in total. The van der Waals surface area contributed by atoms with E-state index in [1.165, 1.54) is 0 Å². The van der Waals surface area contributed by atoms with E-state index in [0.29, 0.717) is 10.8 Å². The third kappa shape index (κ3) is 1.23. The maximum absolute atomic E-state index is 6.30. The molecule has 0 spiro atoms. The van der Waals surface area contributed by atoms with Crippen LogP contribution < -0.4 is 15.2 Å². The van der Waals surface area contributed by atoms with E-state index in [9.17, 15) is 0 Å². The van der Waals surface area contributed by atoms with Crippen LogP contribution in [0, 0.1) is 6.92 Å². The van der Waals surface area contributed by atoms with E-state index >= 15 is 0 Å². The highest BCUT2D eigenvalue weighted by Gasteiger charge is 2.44. The molecule has 4 heteroatoms. The summed E-state index contributed by atoms with van der Waals surface area (Å²) in [7, 11) is 0. The lowest BCUT2D eigenvalue weighted by molar-refractivity contribution is 0.174. The van der Waals surface area contributed by atoms with Crippen LogP contribution in [-0.2, 0) is 5.54 Å². The lowest BCUT2D eigenvalue weighted by Gasteiger charge is -2.16. The maximum Gasteiger partial charge on any atom is 0.231 e. The summed E-state index contributed by atoms with van der Waals surface area (Å²) in [6.07, 6.45) is 1.99. The lowest BCUT2D eigenvalue weighted by atomic mass is 9.99. The Balaban J connectivity index is 2.22. The molecule has 0 bridgehead atoms. The first-order valence-corrected chi connectivity index (χ1v) is 5.38. The first-order valence-electron chi connectivity index (χ1n) is 5.00. The fourth-order valence-electron chi connectivity index (χ4n) is 2.12. The quantitative estimate of drug-likeness (QED) is 0.798. The summed E-state index contributed by atoms with van der Waals surface area (Å²) in [5, 5.41) is 0.627. The monoisotopic (exact) mass is 225 g/mol. The normalized spacial score (nSPS) is 20.5. The van der Waals surface area contributed by atoms with Crippen LogP contribution >= 0.6 is 11.6 Å². The van der Waals surface area contributed by atoms with Gasteiger partial charge in [0.25, 0.3) is 0 Å². The highest BCUT2D eigenvalue weighted by atomic mass is 35.5. The second-order valence-electron chi connectivity index (χ2n) is 4.27. The number of fused-ring (bicyclic) bond motifs is 1. The van der Waals surface area contributed by atoms with Gasteiger partial charge in [0.05, 0.1) is 5.02 Å². The average Bonchev–Trinajstić information content (AvgIpc) is 2.75. The Kier molecular flexibility index (Phi) is 1.74. The predicted molar refractivity (Wildman–Crippen MR) is 57.4 cm³/mol. The number of aryl methyl sites for hydroxylation is 1. The summed E-state index contributed by atoms with van der Waals surface area (Å²) >= 11 is 6.30. The van der Waals surface area contributed by atoms with Crippen molar-refractivity contribution in [2.24, 2.45) is 5.73 Å². The zero-order valence-corrected chi connectivity index (χ0v) is 9.23. The standard InChI is InChI=1S/C11H12ClNO2/c1-6-4-7-10(15-5-14-7)9(12)8(6)11(13)2-3-11/h4H,2-3,5,13H2,1H3. The summed E-state index contributed by atoms with van der Waals surface area (Å²) < 4.78 is 10.6. The van der Waals surface area contributed by atoms with Crippen LogP contribution in [0.4, 0.5) is 0 Å². The predicted octanol–water partition coefficient (Wildman–Crippen LogP) is 2.32. The van der Waals surface area contributed by atoms with Crippen LogP contribution in [0.25, 0.3) is 0 Å².